The highest BCUT2D eigenvalue weighted by Gasteiger charge is 2.22. The number of hydrogen-bond acceptors (Lipinski definition) is 11. The van der Waals surface area contributed by atoms with E-state index in [1.807, 2.05) is 0 Å². The summed E-state index contributed by atoms with van der Waals surface area (Å²) in [6.07, 6.45) is 0.248. The first kappa shape index (κ1) is 22.1. The monoisotopic (exact) mass is 444 g/mol. The number of nitrogen functional groups attached to an aromatic ring is 1. The van der Waals surface area contributed by atoms with Crippen LogP contribution >= 0.6 is 12.2 Å². The van der Waals surface area contributed by atoms with Gasteiger partial charge in [-0.15, -0.1) is 0 Å². The zero-order valence-corrected chi connectivity index (χ0v) is 16.7. The highest BCUT2D eigenvalue weighted by molar-refractivity contribution is 7.87. The van der Waals surface area contributed by atoms with Crippen LogP contribution in [-0.2, 0) is 41.6 Å². The van der Waals surface area contributed by atoms with Gasteiger partial charge in [-0.2, -0.15) is 42.2 Å². The van der Waals surface area contributed by atoms with E-state index in [-0.39, 0.29) is 34.0 Å². The van der Waals surface area contributed by atoms with Crippen LogP contribution in [0.25, 0.3) is 0 Å². The molecule has 6 N–H and O–H groups in total. The van der Waals surface area contributed by atoms with Crippen LogP contribution < -0.4 is 17.5 Å². The third kappa shape index (κ3) is 4.98. The van der Waals surface area contributed by atoms with Crippen LogP contribution in [0.3, 0.4) is 0 Å². The summed E-state index contributed by atoms with van der Waals surface area (Å²) in [5, 5.41) is 2.13. The van der Waals surface area contributed by atoms with Crippen LogP contribution in [-0.4, -0.2) is 22.0 Å². The summed E-state index contributed by atoms with van der Waals surface area (Å²) < 4.78 is 56.4. The quantitative estimate of drug-likeness (QED) is 0.230. The van der Waals surface area contributed by atoms with Gasteiger partial charge >= 0.3 is 20.2 Å². The van der Waals surface area contributed by atoms with E-state index in [0.29, 0.717) is 11.1 Å². The minimum absolute atomic E-state index is 0.122. The van der Waals surface area contributed by atoms with Crippen LogP contribution in [0.1, 0.15) is 11.1 Å². The number of aryl methyl sites for hydroxylation is 2. The molecule has 10 nitrogen and oxygen atoms in total. The van der Waals surface area contributed by atoms with Gasteiger partial charge in [-0.25, -0.2) is 0 Å². The van der Waals surface area contributed by atoms with Crippen LogP contribution in [0, 0.1) is 0 Å². The average molecular weight is 445 g/mol. The predicted octanol–water partition coefficient (Wildman–Crippen LogP) is 0.946. The second-order valence-corrected chi connectivity index (χ2v) is 8.73. The van der Waals surface area contributed by atoms with Crippen molar-refractivity contribution in [2.24, 2.45) is 16.8 Å². The van der Waals surface area contributed by atoms with Crippen LogP contribution in [0.4, 0.5) is 11.4 Å². The van der Waals surface area contributed by atoms with Crippen molar-refractivity contribution in [2.75, 3.05) is 5.73 Å². The van der Waals surface area contributed by atoms with Gasteiger partial charge in [0.15, 0.2) is 0 Å². The van der Waals surface area contributed by atoms with E-state index in [9.17, 15) is 16.8 Å². The van der Waals surface area contributed by atoms with Crippen molar-refractivity contribution in [1.29, 1.82) is 0 Å². The molecule has 150 valence electrons. The maximum Gasteiger partial charge on any atom is 0.313 e. The summed E-state index contributed by atoms with van der Waals surface area (Å²) >= 11 is 4.51. The molecule has 0 bridgehead atoms. The number of hydrogen-bond donors (Lipinski definition) is 3. The Hall–Kier alpha value is -2.22. The molecule has 0 aliphatic heterocycles. The van der Waals surface area contributed by atoms with E-state index in [1.165, 1.54) is 36.4 Å². The van der Waals surface area contributed by atoms with Gasteiger partial charge in [-0.1, -0.05) is 12.1 Å². The Morgan fingerprint density at radius 1 is 0.893 bits per heavy atom. The molecule has 28 heavy (non-hydrogen) atoms. The van der Waals surface area contributed by atoms with Crippen molar-refractivity contribution in [1.82, 2.24) is 0 Å². The van der Waals surface area contributed by atoms with E-state index < -0.39 is 20.2 Å². The Balaban J connectivity index is 2.47. The molecule has 2 aromatic rings. The van der Waals surface area contributed by atoms with Crippen molar-refractivity contribution < 1.29 is 25.4 Å². The molecule has 0 radical (unpaired) electrons. The Morgan fingerprint density at radius 2 is 1.39 bits per heavy atom. The second kappa shape index (κ2) is 8.86. The zero-order valence-electron chi connectivity index (χ0n) is 14.2. The fourth-order valence-corrected chi connectivity index (χ4v) is 4.33. The molecule has 0 fully saturated rings. The van der Waals surface area contributed by atoms with E-state index in [2.05, 4.69) is 30.9 Å². The standard InChI is InChI=1S/C15H16N4O6S3/c16-12-5-3-10(14(7-12)27(20,21)24-17)1-2-11-4-6-13(19-9-26)8-15(11)28(22,23)25-18/h3-8H,1-2,16-18H2. The molecule has 2 rings (SSSR count). The van der Waals surface area contributed by atoms with Crippen molar-refractivity contribution in [3.05, 3.63) is 47.5 Å². The Morgan fingerprint density at radius 3 is 1.89 bits per heavy atom. The number of nitrogens with two attached hydrogens (primary N) is 3. The highest BCUT2D eigenvalue weighted by Crippen LogP contribution is 2.27. The lowest BCUT2D eigenvalue weighted by molar-refractivity contribution is 0.331. The topological polar surface area (TPSA) is 177 Å². The van der Waals surface area contributed by atoms with Gasteiger partial charge in [-0.3, -0.25) is 0 Å². The Kier molecular flexibility index (Phi) is 6.98. The summed E-state index contributed by atoms with van der Waals surface area (Å²) in [5.74, 6) is 9.72. The maximum atomic E-state index is 12.1. The third-order valence-corrected chi connectivity index (χ3v) is 6.21. The molecule has 2 aromatic carbocycles. The number of benzene rings is 2. The summed E-state index contributed by atoms with van der Waals surface area (Å²) in [5.41, 5.74) is 6.72. The number of aliphatic imine (C=N–C) groups is 1. The van der Waals surface area contributed by atoms with E-state index in [0.717, 1.165) is 0 Å². The third-order valence-electron chi connectivity index (χ3n) is 3.77. The van der Waals surface area contributed by atoms with E-state index in [4.69, 9.17) is 17.5 Å². The molecule has 0 amide bonds. The first-order chi connectivity index (χ1) is 13.1. The summed E-state index contributed by atoms with van der Waals surface area (Å²) in [4.78, 5) is 3.28. The normalized spacial score (nSPS) is 11.8. The maximum absolute atomic E-state index is 12.1. The molecule has 0 aliphatic carbocycles. The van der Waals surface area contributed by atoms with Crippen molar-refractivity contribution in [2.45, 2.75) is 22.6 Å². The number of nitrogens with zero attached hydrogens (tertiary/aromatic N) is 1. The fraction of sp³-hybridized carbons (Fsp3) is 0.133. The lowest BCUT2D eigenvalue weighted by Gasteiger charge is -2.12. The first-order valence-electron chi connectivity index (χ1n) is 7.50. The minimum Gasteiger partial charge on any atom is -0.399 e. The number of thiocarbonyl (C=S) groups is 1. The van der Waals surface area contributed by atoms with Crippen LogP contribution in [0.5, 0.6) is 0 Å². The predicted molar refractivity (Wildman–Crippen MR) is 104 cm³/mol. The first-order valence-corrected chi connectivity index (χ1v) is 10.7. The molecule has 13 heteroatoms. The van der Waals surface area contributed by atoms with Gasteiger partial charge in [0.05, 0.1) is 10.8 Å². The molecule has 0 aromatic heterocycles. The fourth-order valence-electron chi connectivity index (χ4n) is 2.49. The van der Waals surface area contributed by atoms with Crippen LogP contribution in [0.2, 0.25) is 0 Å². The zero-order chi connectivity index (χ0) is 20.9. The van der Waals surface area contributed by atoms with Gasteiger partial charge < -0.3 is 5.73 Å². The summed E-state index contributed by atoms with van der Waals surface area (Å²) in [6.45, 7) is 0. The molecular weight excluding hydrogens is 428 g/mol. The molecule has 0 heterocycles. The van der Waals surface area contributed by atoms with Crippen molar-refractivity contribution in [3.63, 3.8) is 0 Å². The van der Waals surface area contributed by atoms with Gasteiger partial charge in [-0.05, 0) is 60.5 Å². The minimum atomic E-state index is -4.25. The Bertz CT molecular complexity index is 1140. The van der Waals surface area contributed by atoms with Gasteiger partial charge in [0, 0.05) is 5.69 Å². The largest absolute Gasteiger partial charge is 0.399 e. The number of rotatable bonds is 8. The molecule has 0 atom stereocenters. The average Bonchev–Trinajstić information content (AvgIpc) is 2.67. The molecular formula is C15H16N4O6S3. The molecule has 0 aliphatic rings. The number of isothiocyanates is 1. The molecule has 0 spiro atoms. The van der Waals surface area contributed by atoms with Crippen molar-refractivity contribution >= 4 is 49.0 Å². The van der Waals surface area contributed by atoms with Crippen molar-refractivity contribution in [3.8, 4) is 0 Å². The SMILES string of the molecule is NOS(=O)(=O)c1cc(N)ccc1CCc1ccc(N=C=S)cc1S(=O)(=O)ON. The van der Waals surface area contributed by atoms with Gasteiger partial charge in [0.25, 0.3) is 0 Å². The summed E-state index contributed by atoms with van der Waals surface area (Å²) in [7, 11) is -8.46. The smallest absolute Gasteiger partial charge is 0.313 e. The molecule has 0 saturated heterocycles. The van der Waals surface area contributed by atoms with Gasteiger partial charge in [0.2, 0.25) is 0 Å². The van der Waals surface area contributed by atoms with Gasteiger partial charge in [0.1, 0.15) is 9.79 Å². The van der Waals surface area contributed by atoms with E-state index in [1.54, 1.807) is 0 Å². The molecule has 0 unspecified atom stereocenters. The second-order valence-electron chi connectivity index (χ2n) is 5.46. The van der Waals surface area contributed by atoms with Crippen LogP contribution in [0.15, 0.2) is 51.2 Å². The molecule has 0 saturated carbocycles. The van der Waals surface area contributed by atoms with E-state index >= 15 is 0 Å². The summed E-state index contributed by atoms with van der Waals surface area (Å²) in [6, 6.07) is 8.42. The lowest BCUT2D eigenvalue weighted by atomic mass is 10.0. The lowest BCUT2D eigenvalue weighted by Crippen LogP contribution is -2.15. The highest BCUT2D eigenvalue weighted by atomic mass is 32.2. The Labute approximate surface area is 167 Å². The number of anilines is 1.